The molecule has 0 unspecified atom stereocenters. The monoisotopic (exact) mass is 324 g/mol. The van der Waals surface area contributed by atoms with E-state index in [0.29, 0.717) is 12.8 Å². The van der Waals surface area contributed by atoms with Gasteiger partial charge in [0.25, 0.3) is 5.91 Å². The number of rotatable bonds is 5. The topological polar surface area (TPSA) is 92.8 Å². The highest BCUT2D eigenvalue weighted by Crippen LogP contribution is 2.38. The first-order chi connectivity index (χ1) is 10.8. The van der Waals surface area contributed by atoms with Crippen LogP contribution in [0.5, 0.6) is 0 Å². The van der Waals surface area contributed by atoms with Gasteiger partial charge >= 0.3 is 5.97 Å². The maximum atomic E-state index is 12.4. The molecule has 1 saturated heterocycles. The Morgan fingerprint density at radius 3 is 2.13 bits per heavy atom. The highest BCUT2D eigenvalue weighted by Gasteiger charge is 2.51. The van der Waals surface area contributed by atoms with Crippen molar-refractivity contribution in [1.82, 2.24) is 10.2 Å². The van der Waals surface area contributed by atoms with Crippen LogP contribution in [-0.4, -0.2) is 47.3 Å². The van der Waals surface area contributed by atoms with Crippen molar-refractivity contribution in [2.45, 2.75) is 58.5 Å². The number of hydrogen-bond acceptors (Lipinski definition) is 5. The van der Waals surface area contributed by atoms with E-state index in [1.165, 1.54) is 6.92 Å². The quantitative estimate of drug-likeness (QED) is 0.591. The molecule has 128 valence electrons. The van der Waals surface area contributed by atoms with Gasteiger partial charge in [0, 0.05) is 6.04 Å². The van der Waals surface area contributed by atoms with Gasteiger partial charge in [-0.1, -0.05) is 12.8 Å². The second kappa shape index (κ2) is 7.10. The van der Waals surface area contributed by atoms with Crippen molar-refractivity contribution in [3.05, 3.63) is 0 Å². The Morgan fingerprint density at radius 1 is 1.13 bits per heavy atom. The lowest BCUT2D eigenvalue weighted by molar-refractivity contribution is -0.159. The van der Waals surface area contributed by atoms with Gasteiger partial charge in [-0.05, 0) is 33.6 Å². The number of carbonyl (C=O) groups is 4. The summed E-state index contributed by atoms with van der Waals surface area (Å²) in [5, 5.41) is 2.60. The third-order valence-electron chi connectivity index (χ3n) is 4.40. The molecule has 7 heteroatoms. The SMILES string of the molecule is CC(C)NC(=O)COC(=O)[C@H](C)N1C(=O)[C@H]2CCCC[C@H]2C1=O. The Labute approximate surface area is 135 Å². The van der Waals surface area contributed by atoms with E-state index >= 15 is 0 Å². The normalized spacial score (nSPS) is 25.3. The first kappa shape index (κ1) is 17.4. The van der Waals surface area contributed by atoms with Gasteiger partial charge < -0.3 is 10.1 Å². The summed E-state index contributed by atoms with van der Waals surface area (Å²) in [4.78, 5) is 49.4. The van der Waals surface area contributed by atoms with Gasteiger partial charge in [0.2, 0.25) is 11.8 Å². The number of likely N-dealkylation sites (tertiary alicyclic amines) is 1. The van der Waals surface area contributed by atoms with Crippen LogP contribution in [0.3, 0.4) is 0 Å². The Balaban J connectivity index is 1.95. The predicted molar refractivity (Wildman–Crippen MR) is 81.0 cm³/mol. The molecule has 3 amide bonds. The van der Waals surface area contributed by atoms with Crippen molar-refractivity contribution < 1.29 is 23.9 Å². The van der Waals surface area contributed by atoms with E-state index in [4.69, 9.17) is 4.74 Å². The summed E-state index contributed by atoms with van der Waals surface area (Å²) in [6.07, 6.45) is 3.26. The number of nitrogens with one attached hydrogen (secondary N) is 1. The average Bonchev–Trinajstić information content (AvgIpc) is 2.75. The van der Waals surface area contributed by atoms with Gasteiger partial charge in [-0.3, -0.25) is 19.3 Å². The van der Waals surface area contributed by atoms with E-state index in [9.17, 15) is 19.2 Å². The van der Waals surface area contributed by atoms with E-state index in [0.717, 1.165) is 17.7 Å². The zero-order valence-electron chi connectivity index (χ0n) is 13.8. The number of hydrogen-bond donors (Lipinski definition) is 1. The van der Waals surface area contributed by atoms with Gasteiger partial charge in [0.15, 0.2) is 6.61 Å². The smallest absolute Gasteiger partial charge is 0.329 e. The highest BCUT2D eigenvalue weighted by atomic mass is 16.5. The minimum atomic E-state index is -0.993. The predicted octanol–water partition coefficient (Wildman–Crippen LogP) is 0.618. The molecule has 0 aromatic heterocycles. The molecule has 2 rings (SSSR count). The summed E-state index contributed by atoms with van der Waals surface area (Å²) in [6, 6.07) is -1.05. The molecule has 1 aliphatic heterocycles. The van der Waals surface area contributed by atoms with Gasteiger partial charge in [0.05, 0.1) is 11.8 Å². The van der Waals surface area contributed by atoms with Crippen molar-refractivity contribution in [3.8, 4) is 0 Å². The molecule has 0 aromatic carbocycles. The van der Waals surface area contributed by atoms with Crippen LogP contribution in [-0.2, 0) is 23.9 Å². The van der Waals surface area contributed by atoms with Crippen molar-refractivity contribution in [2.75, 3.05) is 6.61 Å². The lowest BCUT2D eigenvalue weighted by atomic mass is 9.81. The first-order valence-corrected chi connectivity index (χ1v) is 8.15. The summed E-state index contributed by atoms with van der Waals surface area (Å²) in [5.41, 5.74) is 0. The van der Waals surface area contributed by atoms with Gasteiger partial charge in [0.1, 0.15) is 6.04 Å². The molecule has 1 aliphatic carbocycles. The molecule has 1 heterocycles. The van der Waals surface area contributed by atoms with Crippen LogP contribution in [0, 0.1) is 11.8 Å². The average molecular weight is 324 g/mol. The van der Waals surface area contributed by atoms with Crippen molar-refractivity contribution in [2.24, 2.45) is 11.8 Å². The van der Waals surface area contributed by atoms with Crippen LogP contribution < -0.4 is 5.32 Å². The van der Waals surface area contributed by atoms with Crippen molar-refractivity contribution in [1.29, 1.82) is 0 Å². The van der Waals surface area contributed by atoms with Gasteiger partial charge in [-0.25, -0.2) is 4.79 Å². The van der Waals surface area contributed by atoms with Crippen molar-refractivity contribution in [3.63, 3.8) is 0 Å². The molecule has 23 heavy (non-hydrogen) atoms. The van der Waals surface area contributed by atoms with Crippen LogP contribution in [0.15, 0.2) is 0 Å². The molecule has 0 radical (unpaired) electrons. The lowest BCUT2D eigenvalue weighted by Crippen LogP contribution is -2.45. The molecule has 0 spiro atoms. The Bertz CT molecular complexity index is 493. The van der Waals surface area contributed by atoms with Crippen LogP contribution in [0.1, 0.15) is 46.5 Å². The summed E-state index contributed by atoms with van der Waals surface area (Å²) < 4.78 is 4.93. The molecule has 2 fully saturated rings. The number of esters is 1. The summed E-state index contributed by atoms with van der Waals surface area (Å²) >= 11 is 0. The summed E-state index contributed by atoms with van der Waals surface area (Å²) in [6.45, 7) is 4.65. The van der Waals surface area contributed by atoms with Crippen LogP contribution in [0.4, 0.5) is 0 Å². The fraction of sp³-hybridized carbons (Fsp3) is 0.750. The number of ether oxygens (including phenoxy) is 1. The zero-order chi connectivity index (χ0) is 17.1. The Hall–Kier alpha value is -1.92. The largest absolute Gasteiger partial charge is 0.454 e. The molecule has 0 aromatic rings. The summed E-state index contributed by atoms with van der Waals surface area (Å²) in [5.74, 6) is -2.30. The minimum absolute atomic E-state index is 0.0523. The molecular weight excluding hydrogens is 300 g/mol. The second-order valence-electron chi connectivity index (χ2n) is 6.55. The second-order valence-corrected chi connectivity index (χ2v) is 6.55. The Kier molecular flexibility index (Phi) is 5.38. The van der Waals surface area contributed by atoms with E-state index in [-0.39, 0.29) is 29.7 Å². The van der Waals surface area contributed by atoms with Crippen molar-refractivity contribution >= 4 is 23.7 Å². The standard InChI is InChI=1S/C16H24N2O5/c1-9(2)17-13(19)8-23-16(22)10(3)18-14(20)11-6-4-5-7-12(11)15(18)21/h9-12H,4-8H2,1-3H3,(H,17,19)/t10-,11-,12+/m0/s1. The van der Waals surface area contributed by atoms with Gasteiger partial charge in [-0.2, -0.15) is 0 Å². The maximum absolute atomic E-state index is 12.4. The maximum Gasteiger partial charge on any atom is 0.329 e. The van der Waals surface area contributed by atoms with Gasteiger partial charge in [-0.15, -0.1) is 0 Å². The molecule has 3 atom stereocenters. The van der Waals surface area contributed by atoms with E-state index in [1.807, 2.05) is 0 Å². The van der Waals surface area contributed by atoms with Crippen LogP contribution in [0.25, 0.3) is 0 Å². The fourth-order valence-electron chi connectivity index (χ4n) is 3.30. The fourth-order valence-corrected chi connectivity index (χ4v) is 3.30. The van der Waals surface area contributed by atoms with E-state index in [1.54, 1.807) is 13.8 Å². The van der Waals surface area contributed by atoms with Crippen LogP contribution >= 0.6 is 0 Å². The van der Waals surface area contributed by atoms with E-state index < -0.39 is 24.5 Å². The van der Waals surface area contributed by atoms with E-state index in [2.05, 4.69) is 5.32 Å². The molecule has 2 aliphatic rings. The van der Waals surface area contributed by atoms with Crippen LogP contribution in [0.2, 0.25) is 0 Å². The third kappa shape index (κ3) is 3.71. The highest BCUT2D eigenvalue weighted by molar-refractivity contribution is 6.07. The number of carbonyl (C=O) groups excluding carboxylic acids is 4. The number of nitrogens with zero attached hydrogens (tertiary/aromatic N) is 1. The summed E-state index contributed by atoms with van der Waals surface area (Å²) in [7, 11) is 0. The third-order valence-corrected chi connectivity index (χ3v) is 4.40. The molecular formula is C16H24N2O5. The Morgan fingerprint density at radius 2 is 1.65 bits per heavy atom. The first-order valence-electron chi connectivity index (χ1n) is 8.15. The number of imide groups is 1. The molecule has 1 N–H and O–H groups in total. The number of fused-ring (bicyclic) bond motifs is 1. The number of amides is 3. The lowest BCUT2D eigenvalue weighted by Gasteiger charge is -2.21. The minimum Gasteiger partial charge on any atom is -0.454 e. The zero-order valence-corrected chi connectivity index (χ0v) is 13.8. The molecule has 0 bridgehead atoms. The molecule has 7 nitrogen and oxygen atoms in total. The molecule has 1 saturated carbocycles.